The number of fused-ring (bicyclic) bond motifs is 1. The number of H-pyrrole nitrogens is 1. The molecule has 15 nitrogen and oxygen atoms in total. The van der Waals surface area contributed by atoms with Crippen LogP contribution < -0.4 is 15.8 Å². The number of carboxylic acid groups (broad SMARTS) is 2. The number of nitrogens with two attached hydrogens (primary N) is 1. The highest BCUT2D eigenvalue weighted by atomic mass is 32.2. The van der Waals surface area contributed by atoms with Gasteiger partial charge in [0.25, 0.3) is 11.3 Å². The number of amidine groups is 1. The first-order chi connectivity index (χ1) is 19.8. The number of hydrogen-bond donors (Lipinski definition) is 10. The van der Waals surface area contributed by atoms with Gasteiger partial charge in [-0.2, -0.15) is 0 Å². The third kappa shape index (κ3) is 6.62. The molecule has 218 valence electrons. The van der Waals surface area contributed by atoms with E-state index < -0.39 is 53.7 Å². The van der Waals surface area contributed by atoms with Gasteiger partial charge in [-0.1, -0.05) is 0 Å². The number of phenols is 2. The zero-order valence-electron chi connectivity index (χ0n) is 21.4. The van der Waals surface area contributed by atoms with Crippen LogP contribution in [-0.2, 0) is 32.1 Å². The number of aliphatic carboxylic acids is 2. The number of carbonyl (C=O) groups excluding carboxylic acids is 1. The Morgan fingerprint density at radius 2 is 1.74 bits per heavy atom. The first-order valence-electron chi connectivity index (χ1n) is 12.0. The molecule has 11 N–H and O–H groups in total. The molecule has 0 bridgehead atoms. The number of nitrogens with zero attached hydrogens (tertiary/aromatic N) is 1. The number of nitrogen functional groups attached to an aromatic ring is 1. The minimum Gasteiger partial charge on any atom is -0.507 e. The quantitative estimate of drug-likeness (QED) is 0.0515. The van der Waals surface area contributed by atoms with Crippen LogP contribution in [0, 0.1) is 5.41 Å². The van der Waals surface area contributed by atoms with Gasteiger partial charge in [0, 0.05) is 22.4 Å². The predicted octanol–water partition coefficient (Wildman–Crippen LogP) is 1.73. The molecule has 0 spiro atoms. The number of nitrogens with one attached hydrogen (secondary N) is 4. The lowest BCUT2D eigenvalue weighted by Gasteiger charge is -2.16. The molecule has 4 aromatic rings. The first kappa shape index (κ1) is 29.5. The molecular weight excluding hydrogens is 572 g/mol. The minimum atomic E-state index is -2.44. The van der Waals surface area contributed by atoms with Gasteiger partial charge in [0.05, 0.1) is 29.4 Å². The molecule has 42 heavy (non-hydrogen) atoms. The fourth-order valence-electron chi connectivity index (χ4n) is 4.21. The molecule has 0 saturated carbocycles. The molecule has 3 aromatic carbocycles. The summed E-state index contributed by atoms with van der Waals surface area (Å²) < 4.78 is 22.7. The second kappa shape index (κ2) is 11.9. The third-order valence-electron chi connectivity index (χ3n) is 6.09. The number of rotatable bonds is 11. The van der Waals surface area contributed by atoms with Gasteiger partial charge in [-0.3, -0.25) is 24.3 Å². The van der Waals surface area contributed by atoms with Crippen LogP contribution in [0.5, 0.6) is 11.5 Å². The van der Waals surface area contributed by atoms with Gasteiger partial charge in [-0.15, -0.1) is 0 Å². The number of anilines is 1. The molecule has 1 aromatic heterocycles. The first-order valence-corrected chi connectivity index (χ1v) is 13.1. The molecule has 2 unspecified atom stereocenters. The van der Waals surface area contributed by atoms with Crippen LogP contribution in [0.25, 0.3) is 33.5 Å². The smallest absolute Gasteiger partial charge is 0.326 e. The number of carboxylic acids is 2. The maximum atomic E-state index is 12.8. The Labute approximate surface area is 239 Å². The SMILES string of the molecule is N=C(N)c1ccc2nc(-c3cc(CC(=O)NC(CC(=O)O)C(=O)O)cc(-c4cc(NS(=O)O)ccc4O)c3O)[nH]c2c1. The van der Waals surface area contributed by atoms with Crippen molar-refractivity contribution in [1.29, 1.82) is 5.41 Å². The third-order valence-corrected chi connectivity index (χ3v) is 6.50. The van der Waals surface area contributed by atoms with Crippen LogP contribution in [0.3, 0.4) is 0 Å². The topological polar surface area (TPSA) is 272 Å². The van der Waals surface area contributed by atoms with Gasteiger partial charge in [-0.25, -0.2) is 14.0 Å². The lowest BCUT2D eigenvalue weighted by atomic mass is 9.95. The fourth-order valence-corrected chi connectivity index (χ4v) is 4.54. The number of aromatic nitrogens is 2. The summed E-state index contributed by atoms with van der Waals surface area (Å²) in [5.74, 6) is -4.57. The van der Waals surface area contributed by atoms with E-state index in [0.717, 1.165) is 0 Å². The van der Waals surface area contributed by atoms with Crippen LogP contribution in [-0.4, -0.2) is 68.9 Å². The minimum absolute atomic E-state index is 0.00891. The lowest BCUT2D eigenvalue weighted by Crippen LogP contribution is -2.42. The Morgan fingerprint density at radius 1 is 1.02 bits per heavy atom. The molecule has 0 aliphatic rings. The van der Waals surface area contributed by atoms with Crippen molar-refractivity contribution in [2.45, 2.75) is 18.9 Å². The molecule has 0 fully saturated rings. The largest absolute Gasteiger partial charge is 0.507 e. The molecule has 4 rings (SSSR count). The van der Waals surface area contributed by atoms with E-state index in [2.05, 4.69) is 20.0 Å². The van der Waals surface area contributed by atoms with E-state index in [1.54, 1.807) is 18.2 Å². The number of hydrogen-bond acceptors (Lipinski definition) is 8. The van der Waals surface area contributed by atoms with Crippen LogP contribution in [0.2, 0.25) is 0 Å². The van der Waals surface area contributed by atoms with E-state index in [0.29, 0.717) is 16.6 Å². The maximum Gasteiger partial charge on any atom is 0.326 e. The number of aromatic amines is 1. The van der Waals surface area contributed by atoms with Gasteiger partial charge < -0.3 is 36.5 Å². The number of amides is 1. The highest BCUT2D eigenvalue weighted by Gasteiger charge is 2.24. The molecule has 0 aliphatic heterocycles. The van der Waals surface area contributed by atoms with Crippen LogP contribution in [0.1, 0.15) is 17.5 Å². The van der Waals surface area contributed by atoms with E-state index in [1.165, 1.54) is 30.3 Å². The van der Waals surface area contributed by atoms with E-state index in [4.69, 9.17) is 16.2 Å². The molecule has 0 radical (unpaired) electrons. The lowest BCUT2D eigenvalue weighted by molar-refractivity contribution is -0.147. The summed E-state index contributed by atoms with van der Waals surface area (Å²) >= 11 is -2.44. The Kier molecular flexibility index (Phi) is 8.39. The summed E-state index contributed by atoms with van der Waals surface area (Å²) in [5.41, 5.74) is 7.31. The van der Waals surface area contributed by atoms with Gasteiger partial charge in [0.15, 0.2) is 0 Å². The average Bonchev–Trinajstić information content (AvgIpc) is 3.33. The highest BCUT2D eigenvalue weighted by Crippen LogP contribution is 2.43. The summed E-state index contributed by atoms with van der Waals surface area (Å²) in [5, 5.41) is 50.0. The van der Waals surface area contributed by atoms with Crippen molar-refractivity contribution in [3.8, 4) is 34.0 Å². The molecule has 16 heteroatoms. The summed E-state index contributed by atoms with van der Waals surface area (Å²) in [6.45, 7) is 0. The monoisotopic (exact) mass is 596 g/mol. The number of aromatic hydroxyl groups is 2. The number of benzene rings is 3. The van der Waals surface area contributed by atoms with Gasteiger partial charge in [0.1, 0.15) is 29.2 Å². The molecule has 0 saturated heterocycles. The normalized spacial score (nSPS) is 12.4. The predicted molar refractivity (Wildman–Crippen MR) is 151 cm³/mol. The zero-order chi connectivity index (χ0) is 30.7. The van der Waals surface area contributed by atoms with E-state index in [9.17, 15) is 38.5 Å². The standard InChI is InChI=1S/C26H24N6O9S/c27-24(28)12-1-3-17-18(8-12)31-25(30-17)16-6-11(7-21(34)29-19(26(38)39)10-22(35)36)5-15(23(16)37)14-9-13(32-42(40)41)2-4-20(14)33/h1-6,8-9,19,32-33,37H,7,10H2,(H3,27,28)(H,29,34)(H,30,31)(H,35,36)(H,38,39)(H,40,41). The summed E-state index contributed by atoms with van der Waals surface area (Å²) in [6, 6.07) is 9.64. The summed E-state index contributed by atoms with van der Waals surface area (Å²) in [6.07, 6.45) is -1.31. The molecule has 2 atom stereocenters. The average molecular weight is 597 g/mol. The Morgan fingerprint density at radius 3 is 2.38 bits per heavy atom. The number of carbonyl (C=O) groups is 3. The summed E-state index contributed by atoms with van der Waals surface area (Å²) in [4.78, 5) is 42.7. The second-order valence-corrected chi connectivity index (χ2v) is 9.79. The highest BCUT2D eigenvalue weighted by molar-refractivity contribution is 7.80. The van der Waals surface area contributed by atoms with Crippen molar-refractivity contribution in [3.05, 3.63) is 59.7 Å². The van der Waals surface area contributed by atoms with Gasteiger partial charge in [-0.05, 0) is 54.1 Å². The zero-order valence-corrected chi connectivity index (χ0v) is 22.2. The Hall–Kier alpha value is -5.48. The van der Waals surface area contributed by atoms with Crippen molar-refractivity contribution < 1.29 is 43.6 Å². The Balaban J connectivity index is 1.84. The fraction of sp³-hybridized carbons (Fsp3) is 0.115. The van der Waals surface area contributed by atoms with E-state index in [-0.39, 0.29) is 45.4 Å². The van der Waals surface area contributed by atoms with Crippen molar-refractivity contribution >= 4 is 51.7 Å². The molecular formula is C26H24N6O9S. The number of phenolic OH excluding ortho intramolecular Hbond substituents is 2. The Bertz CT molecular complexity index is 1770. The van der Waals surface area contributed by atoms with E-state index >= 15 is 0 Å². The van der Waals surface area contributed by atoms with Crippen molar-refractivity contribution in [3.63, 3.8) is 0 Å². The second-order valence-electron chi connectivity index (χ2n) is 9.09. The van der Waals surface area contributed by atoms with Crippen molar-refractivity contribution in [1.82, 2.24) is 15.3 Å². The van der Waals surface area contributed by atoms with Gasteiger partial charge in [0.2, 0.25) is 5.91 Å². The summed E-state index contributed by atoms with van der Waals surface area (Å²) in [7, 11) is 0. The van der Waals surface area contributed by atoms with Crippen LogP contribution in [0.4, 0.5) is 5.69 Å². The van der Waals surface area contributed by atoms with E-state index in [1.807, 2.05) is 0 Å². The van der Waals surface area contributed by atoms with Gasteiger partial charge >= 0.3 is 11.9 Å². The molecule has 1 heterocycles. The maximum absolute atomic E-state index is 12.8. The van der Waals surface area contributed by atoms with Crippen LogP contribution in [0.15, 0.2) is 48.5 Å². The van der Waals surface area contributed by atoms with Crippen molar-refractivity contribution in [2.75, 3.05) is 4.72 Å². The van der Waals surface area contributed by atoms with Crippen molar-refractivity contribution in [2.24, 2.45) is 5.73 Å². The number of imidazole rings is 1. The van der Waals surface area contributed by atoms with Crippen LogP contribution >= 0.6 is 0 Å². The molecule has 1 amide bonds. The molecule has 0 aliphatic carbocycles.